The number of ether oxygens (including phenoxy) is 2. The number of hydrogen-bond donors (Lipinski definition) is 2. The molecule has 0 aliphatic rings. The maximum absolute atomic E-state index is 12.0. The van der Waals surface area contributed by atoms with Crippen molar-refractivity contribution in [2.75, 3.05) is 12.5 Å². The SMILES string of the molecule is COc1ccc(/C=N/Nc2nc(-c3ccccc3)cc(=O)[nH]2)cc1OCc1ccccc1. The van der Waals surface area contributed by atoms with Crippen LogP contribution >= 0.6 is 0 Å². The summed E-state index contributed by atoms with van der Waals surface area (Å²) in [5, 5.41) is 4.20. The fourth-order valence-electron chi connectivity index (χ4n) is 3.06. The van der Waals surface area contributed by atoms with Gasteiger partial charge in [0.1, 0.15) is 6.61 Å². The molecular formula is C25H22N4O3. The van der Waals surface area contributed by atoms with Crippen LogP contribution in [0.4, 0.5) is 5.95 Å². The maximum Gasteiger partial charge on any atom is 0.252 e. The second-order valence-corrected chi connectivity index (χ2v) is 6.90. The molecule has 0 aliphatic carbocycles. The van der Waals surface area contributed by atoms with Gasteiger partial charge < -0.3 is 9.47 Å². The van der Waals surface area contributed by atoms with Crippen molar-refractivity contribution < 1.29 is 9.47 Å². The summed E-state index contributed by atoms with van der Waals surface area (Å²) in [4.78, 5) is 19.1. The van der Waals surface area contributed by atoms with Crippen molar-refractivity contribution in [3.63, 3.8) is 0 Å². The predicted molar refractivity (Wildman–Crippen MR) is 125 cm³/mol. The topological polar surface area (TPSA) is 88.6 Å². The normalized spacial score (nSPS) is 10.8. The molecule has 0 aliphatic heterocycles. The van der Waals surface area contributed by atoms with Crippen molar-refractivity contribution in [3.8, 4) is 22.8 Å². The van der Waals surface area contributed by atoms with E-state index in [0.717, 1.165) is 16.7 Å². The number of aromatic nitrogens is 2. The van der Waals surface area contributed by atoms with Gasteiger partial charge in [0.2, 0.25) is 5.95 Å². The lowest BCUT2D eigenvalue weighted by Crippen LogP contribution is -2.10. The molecule has 0 unspecified atom stereocenters. The zero-order valence-electron chi connectivity index (χ0n) is 17.5. The third kappa shape index (κ3) is 5.40. The van der Waals surface area contributed by atoms with Crippen molar-refractivity contribution in [1.29, 1.82) is 0 Å². The number of nitrogens with one attached hydrogen (secondary N) is 2. The lowest BCUT2D eigenvalue weighted by molar-refractivity contribution is 0.284. The summed E-state index contributed by atoms with van der Waals surface area (Å²) in [6.07, 6.45) is 1.62. The largest absolute Gasteiger partial charge is 0.493 e. The molecule has 2 N–H and O–H groups in total. The second kappa shape index (κ2) is 10.1. The van der Waals surface area contributed by atoms with Crippen LogP contribution in [0.15, 0.2) is 94.8 Å². The van der Waals surface area contributed by atoms with E-state index in [2.05, 4.69) is 20.5 Å². The van der Waals surface area contributed by atoms with Crippen LogP contribution in [0.3, 0.4) is 0 Å². The number of H-pyrrole nitrogens is 1. The van der Waals surface area contributed by atoms with Gasteiger partial charge in [0.15, 0.2) is 11.5 Å². The van der Waals surface area contributed by atoms with E-state index in [4.69, 9.17) is 9.47 Å². The minimum absolute atomic E-state index is 0.252. The van der Waals surface area contributed by atoms with Gasteiger partial charge in [-0.15, -0.1) is 0 Å². The molecular weight excluding hydrogens is 404 g/mol. The van der Waals surface area contributed by atoms with Crippen LogP contribution < -0.4 is 20.5 Å². The van der Waals surface area contributed by atoms with Crippen molar-refractivity contribution in [2.24, 2.45) is 5.10 Å². The Hall–Kier alpha value is -4.39. The first-order valence-corrected chi connectivity index (χ1v) is 10.0. The summed E-state index contributed by atoms with van der Waals surface area (Å²) < 4.78 is 11.3. The van der Waals surface area contributed by atoms with Crippen LogP contribution in [0.1, 0.15) is 11.1 Å². The van der Waals surface area contributed by atoms with Gasteiger partial charge in [-0.25, -0.2) is 10.4 Å². The van der Waals surface area contributed by atoms with Crippen molar-refractivity contribution in [1.82, 2.24) is 9.97 Å². The number of hydrazone groups is 1. The minimum Gasteiger partial charge on any atom is -0.493 e. The van der Waals surface area contributed by atoms with Gasteiger partial charge in [-0.1, -0.05) is 60.7 Å². The van der Waals surface area contributed by atoms with Crippen molar-refractivity contribution in [2.45, 2.75) is 6.61 Å². The molecule has 4 rings (SSSR count). The first-order valence-electron chi connectivity index (χ1n) is 10.0. The molecule has 7 nitrogen and oxygen atoms in total. The number of rotatable bonds is 8. The van der Waals surface area contributed by atoms with Crippen molar-refractivity contribution in [3.05, 3.63) is 106 Å². The molecule has 0 amide bonds. The van der Waals surface area contributed by atoms with Gasteiger partial charge >= 0.3 is 0 Å². The monoisotopic (exact) mass is 426 g/mol. The van der Waals surface area contributed by atoms with E-state index in [9.17, 15) is 4.79 Å². The van der Waals surface area contributed by atoms with Crippen LogP contribution in [0.5, 0.6) is 11.5 Å². The quantitative estimate of drug-likeness (QED) is 0.321. The summed E-state index contributed by atoms with van der Waals surface area (Å²) in [7, 11) is 1.60. The Labute approximate surface area is 185 Å². The Morgan fingerprint density at radius 2 is 1.72 bits per heavy atom. The number of methoxy groups -OCH3 is 1. The van der Waals surface area contributed by atoms with Crippen LogP contribution in [-0.4, -0.2) is 23.3 Å². The number of hydrogen-bond acceptors (Lipinski definition) is 6. The molecule has 1 heterocycles. The first kappa shape index (κ1) is 20.9. The van der Waals surface area contributed by atoms with Gasteiger partial charge in [-0.2, -0.15) is 5.10 Å². The standard InChI is InChI=1S/C25H22N4O3/c1-31-22-13-12-19(14-23(22)32-17-18-8-4-2-5-9-18)16-26-29-25-27-21(15-24(30)28-25)20-10-6-3-7-11-20/h2-16H,17H2,1H3,(H2,27,28,29,30)/b26-16+. The molecule has 0 saturated carbocycles. The summed E-state index contributed by atoms with van der Waals surface area (Å²) in [5.41, 5.74) is 5.78. The van der Waals surface area contributed by atoms with Crippen LogP contribution in [0.2, 0.25) is 0 Å². The lowest BCUT2D eigenvalue weighted by atomic mass is 10.1. The molecule has 0 atom stereocenters. The molecule has 0 bridgehead atoms. The summed E-state index contributed by atoms with van der Waals surface area (Å²) >= 11 is 0. The Kier molecular flexibility index (Phi) is 6.57. The number of aromatic amines is 1. The molecule has 0 radical (unpaired) electrons. The minimum atomic E-state index is -0.266. The Bertz CT molecular complexity index is 1260. The molecule has 0 fully saturated rings. The molecule has 32 heavy (non-hydrogen) atoms. The number of benzene rings is 3. The highest BCUT2D eigenvalue weighted by Gasteiger charge is 2.06. The fourth-order valence-corrected chi connectivity index (χ4v) is 3.06. The van der Waals surface area contributed by atoms with E-state index >= 15 is 0 Å². The number of anilines is 1. The highest BCUT2D eigenvalue weighted by atomic mass is 16.5. The maximum atomic E-state index is 12.0. The molecule has 3 aromatic carbocycles. The van der Waals surface area contributed by atoms with E-state index in [-0.39, 0.29) is 11.5 Å². The van der Waals surface area contributed by atoms with Gasteiger partial charge in [-0.3, -0.25) is 9.78 Å². The van der Waals surface area contributed by atoms with Gasteiger partial charge in [0.05, 0.1) is 19.0 Å². The van der Waals surface area contributed by atoms with Gasteiger partial charge in [0, 0.05) is 11.6 Å². The lowest BCUT2D eigenvalue weighted by Gasteiger charge is -2.11. The fraction of sp³-hybridized carbons (Fsp3) is 0.0800. The molecule has 160 valence electrons. The van der Waals surface area contributed by atoms with E-state index < -0.39 is 0 Å². The molecule has 1 aromatic heterocycles. The van der Waals surface area contributed by atoms with E-state index in [1.165, 1.54) is 6.07 Å². The van der Waals surface area contributed by atoms with Crippen LogP contribution in [-0.2, 0) is 6.61 Å². The third-order valence-electron chi connectivity index (χ3n) is 4.62. The smallest absolute Gasteiger partial charge is 0.252 e. The molecule has 4 aromatic rings. The van der Waals surface area contributed by atoms with Crippen LogP contribution in [0.25, 0.3) is 11.3 Å². The highest BCUT2D eigenvalue weighted by Crippen LogP contribution is 2.28. The molecule has 0 saturated heterocycles. The van der Waals surface area contributed by atoms with Crippen LogP contribution in [0, 0.1) is 0 Å². The zero-order valence-corrected chi connectivity index (χ0v) is 17.5. The summed E-state index contributed by atoms with van der Waals surface area (Å²) in [6.45, 7) is 0.424. The summed E-state index contributed by atoms with van der Waals surface area (Å²) in [5.74, 6) is 1.49. The first-order chi connectivity index (χ1) is 15.7. The van der Waals surface area contributed by atoms with Crippen molar-refractivity contribution >= 4 is 12.2 Å². The van der Waals surface area contributed by atoms with E-state index in [1.54, 1.807) is 13.3 Å². The second-order valence-electron chi connectivity index (χ2n) is 6.90. The molecule has 0 spiro atoms. The van der Waals surface area contributed by atoms with Gasteiger partial charge in [-0.05, 0) is 29.3 Å². The zero-order chi connectivity index (χ0) is 22.2. The third-order valence-corrected chi connectivity index (χ3v) is 4.62. The Morgan fingerprint density at radius 1 is 0.969 bits per heavy atom. The highest BCUT2D eigenvalue weighted by molar-refractivity contribution is 5.81. The number of nitrogens with zero attached hydrogens (tertiary/aromatic N) is 2. The van der Waals surface area contributed by atoms with Gasteiger partial charge in [0.25, 0.3) is 5.56 Å². The van der Waals surface area contributed by atoms with E-state index in [0.29, 0.717) is 23.8 Å². The Morgan fingerprint density at radius 3 is 2.47 bits per heavy atom. The van der Waals surface area contributed by atoms with E-state index in [1.807, 2.05) is 78.9 Å². The predicted octanol–water partition coefficient (Wildman–Crippen LogP) is 4.47. The average molecular weight is 426 g/mol. The summed E-state index contributed by atoms with van der Waals surface area (Å²) in [6, 6.07) is 26.3. The average Bonchev–Trinajstić information content (AvgIpc) is 2.84. The molecule has 7 heteroatoms. The Balaban J connectivity index is 1.48.